The highest BCUT2D eigenvalue weighted by molar-refractivity contribution is 5.80. The predicted octanol–water partition coefficient (Wildman–Crippen LogP) is 1.10. The normalized spacial score (nSPS) is 35.9. The monoisotopic (exact) mass is 210 g/mol. The summed E-state index contributed by atoms with van der Waals surface area (Å²) in [5.74, 6) is 1.75. The van der Waals surface area contributed by atoms with Crippen molar-refractivity contribution in [3.63, 3.8) is 0 Å². The van der Waals surface area contributed by atoms with Gasteiger partial charge in [0.25, 0.3) is 0 Å². The number of fused-ring (bicyclic) bond motifs is 2. The molecule has 0 aromatic carbocycles. The number of hydrogen-bond acceptors (Lipinski definition) is 2. The zero-order valence-corrected chi connectivity index (χ0v) is 10.2. The van der Waals surface area contributed by atoms with Crippen LogP contribution in [-0.2, 0) is 4.79 Å². The number of carbonyl (C=O) groups is 1. The van der Waals surface area contributed by atoms with Gasteiger partial charge < -0.3 is 5.32 Å². The molecule has 2 bridgehead atoms. The van der Waals surface area contributed by atoms with Gasteiger partial charge in [0.2, 0.25) is 5.91 Å². The van der Waals surface area contributed by atoms with E-state index in [-0.39, 0.29) is 11.4 Å². The third-order valence-corrected chi connectivity index (χ3v) is 4.03. The van der Waals surface area contributed by atoms with Gasteiger partial charge >= 0.3 is 0 Å². The van der Waals surface area contributed by atoms with E-state index in [9.17, 15) is 4.79 Å². The summed E-state index contributed by atoms with van der Waals surface area (Å²) in [5, 5.41) is 2.79. The maximum absolute atomic E-state index is 11.6. The third kappa shape index (κ3) is 1.78. The Morgan fingerprint density at radius 2 is 1.80 bits per heavy atom. The van der Waals surface area contributed by atoms with Crippen molar-refractivity contribution < 1.29 is 4.79 Å². The van der Waals surface area contributed by atoms with Gasteiger partial charge in [-0.15, -0.1) is 0 Å². The number of piperidine rings is 2. The lowest BCUT2D eigenvalue weighted by molar-refractivity contribution is -0.145. The SMILES string of the molecule is CNC(=O)C1C2CC1CN(C(C)(C)C)C2. The highest BCUT2D eigenvalue weighted by atomic mass is 16.1. The Balaban J connectivity index is 1.99. The van der Waals surface area contributed by atoms with Crippen molar-refractivity contribution in [3.8, 4) is 0 Å². The van der Waals surface area contributed by atoms with E-state index in [1.165, 1.54) is 6.42 Å². The molecule has 2 unspecified atom stereocenters. The van der Waals surface area contributed by atoms with Crippen molar-refractivity contribution in [2.75, 3.05) is 20.1 Å². The lowest BCUT2D eigenvalue weighted by Crippen LogP contribution is -2.62. The summed E-state index contributed by atoms with van der Waals surface area (Å²) in [6, 6.07) is 0. The van der Waals surface area contributed by atoms with E-state index >= 15 is 0 Å². The summed E-state index contributed by atoms with van der Waals surface area (Å²) in [6.45, 7) is 8.96. The first-order valence-electron chi connectivity index (χ1n) is 5.90. The third-order valence-electron chi connectivity index (χ3n) is 4.03. The Morgan fingerprint density at radius 3 is 2.20 bits per heavy atom. The first-order chi connectivity index (χ1) is 6.93. The van der Waals surface area contributed by atoms with Crippen molar-refractivity contribution in [1.82, 2.24) is 10.2 Å². The van der Waals surface area contributed by atoms with Crippen LogP contribution in [0.4, 0.5) is 0 Å². The van der Waals surface area contributed by atoms with Crippen molar-refractivity contribution in [3.05, 3.63) is 0 Å². The zero-order valence-electron chi connectivity index (χ0n) is 10.2. The van der Waals surface area contributed by atoms with E-state index in [1.807, 2.05) is 0 Å². The Hall–Kier alpha value is -0.570. The molecule has 3 nitrogen and oxygen atoms in total. The van der Waals surface area contributed by atoms with Gasteiger partial charge in [-0.2, -0.15) is 0 Å². The molecule has 0 aromatic rings. The van der Waals surface area contributed by atoms with Crippen LogP contribution in [0.1, 0.15) is 27.2 Å². The zero-order chi connectivity index (χ0) is 11.2. The summed E-state index contributed by atoms with van der Waals surface area (Å²) in [4.78, 5) is 14.2. The van der Waals surface area contributed by atoms with E-state index in [4.69, 9.17) is 0 Å². The van der Waals surface area contributed by atoms with Gasteiger partial charge in [-0.05, 0) is 39.0 Å². The number of nitrogens with zero attached hydrogens (tertiary/aromatic N) is 1. The van der Waals surface area contributed by atoms with Gasteiger partial charge in [-0.25, -0.2) is 0 Å². The molecule has 3 rings (SSSR count). The molecule has 2 aliphatic heterocycles. The number of carbonyl (C=O) groups excluding carboxylic acids is 1. The Bertz CT molecular complexity index is 257. The van der Waals surface area contributed by atoms with E-state index < -0.39 is 0 Å². The predicted molar refractivity (Wildman–Crippen MR) is 60.5 cm³/mol. The minimum atomic E-state index is 0.254. The fourth-order valence-electron chi connectivity index (χ4n) is 3.03. The maximum atomic E-state index is 11.6. The van der Waals surface area contributed by atoms with Crippen LogP contribution in [0.25, 0.3) is 0 Å². The summed E-state index contributed by atoms with van der Waals surface area (Å²) in [7, 11) is 1.75. The van der Waals surface area contributed by atoms with Crippen LogP contribution in [0.5, 0.6) is 0 Å². The first kappa shape index (κ1) is 10.9. The van der Waals surface area contributed by atoms with Crippen molar-refractivity contribution in [1.29, 1.82) is 0 Å². The molecule has 1 saturated carbocycles. The standard InChI is InChI=1S/C12H22N2O/c1-12(2,3)14-6-8-5-9(7-14)10(8)11(15)13-4/h8-10H,5-7H2,1-4H3,(H,13,15). The molecule has 3 heteroatoms. The molecule has 1 aliphatic carbocycles. The summed E-state index contributed by atoms with van der Waals surface area (Å²) in [6.07, 6.45) is 1.25. The van der Waals surface area contributed by atoms with Gasteiger partial charge in [0, 0.05) is 31.6 Å². The van der Waals surface area contributed by atoms with E-state index in [1.54, 1.807) is 7.05 Å². The topological polar surface area (TPSA) is 32.3 Å². The minimum Gasteiger partial charge on any atom is -0.359 e. The lowest BCUT2D eigenvalue weighted by atomic mass is 9.60. The Morgan fingerprint density at radius 1 is 1.27 bits per heavy atom. The second-order valence-corrected chi connectivity index (χ2v) is 5.97. The molecule has 2 atom stereocenters. The second kappa shape index (κ2) is 3.48. The Labute approximate surface area is 92.2 Å². The molecule has 1 N–H and O–H groups in total. The van der Waals surface area contributed by atoms with Gasteiger partial charge in [0.05, 0.1) is 0 Å². The van der Waals surface area contributed by atoms with Crippen LogP contribution in [0, 0.1) is 17.8 Å². The van der Waals surface area contributed by atoms with Crippen molar-refractivity contribution in [2.45, 2.75) is 32.7 Å². The lowest BCUT2D eigenvalue weighted by Gasteiger charge is -2.56. The number of hydrogen-bond donors (Lipinski definition) is 1. The summed E-state index contributed by atoms with van der Waals surface area (Å²) in [5.41, 5.74) is 0.255. The molecule has 0 radical (unpaired) electrons. The van der Waals surface area contributed by atoms with Crippen LogP contribution in [0.3, 0.4) is 0 Å². The van der Waals surface area contributed by atoms with Crippen LogP contribution in [0.15, 0.2) is 0 Å². The molecule has 3 fully saturated rings. The average Bonchev–Trinajstić information content (AvgIpc) is 2.16. The van der Waals surface area contributed by atoms with E-state index in [0.717, 1.165) is 13.1 Å². The molecule has 0 spiro atoms. The van der Waals surface area contributed by atoms with E-state index in [0.29, 0.717) is 17.8 Å². The molecule has 2 saturated heterocycles. The average molecular weight is 210 g/mol. The van der Waals surface area contributed by atoms with Gasteiger partial charge in [-0.3, -0.25) is 9.69 Å². The van der Waals surface area contributed by atoms with Crippen molar-refractivity contribution >= 4 is 5.91 Å². The fraction of sp³-hybridized carbons (Fsp3) is 0.917. The largest absolute Gasteiger partial charge is 0.359 e. The molecule has 2 heterocycles. The van der Waals surface area contributed by atoms with Crippen LogP contribution in [0.2, 0.25) is 0 Å². The van der Waals surface area contributed by atoms with E-state index in [2.05, 4.69) is 31.0 Å². The number of amides is 1. The van der Waals surface area contributed by atoms with Crippen LogP contribution < -0.4 is 5.32 Å². The molecular weight excluding hydrogens is 188 g/mol. The number of nitrogens with one attached hydrogen (secondary N) is 1. The highest BCUT2D eigenvalue weighted by Gasteiger charge is 2.51. The Kier molecular flexibility index (Phi) is 2.53. The molecule has 86 valence electrons. The van der Waals surface area contributed by atoms with Crippen LogP contribution in [-0.4, -0.2) is 36.5 Å². The smallest absolute Gasteiger partial charge is 0.223 e. The van der Waals surface area contributed by atoms with Crippen molar-refractivity contribution in [2.24, 2.45) is 17.8 Å². The van der Waals surface area contributed by atoms with Gasteiger partial charge in [-0.1, -0.05) is 0 Å². The molecule has 1 amide bonds. The fourth-order valence-corrected chi connectivity index (χ4v) is 3.03. The number of rotatable bonds is 1. The first-order valence-corrected chi connectivity index (χ1v) is 5.90. The minimum absolute atomic E-state index is 0.254. The molecule has 15 heavy (non-hydrogen) atoms. The maximum Gasteiger partial charge on any atom is 0.223 e. The van der Waals surface area contributed by atoms with Crippen LogP contribution >= 0.6 is 0 Å². The molecule has 3 aliphatic rings. The quantitative estimate of drug-likeness (QED) is 0.703. The van der Waals surface area contributed by atoms with Gasteiger partial charge in [0.15, 0.2) is 0 Å². The highest BCUT2D eigenvalue weighted by Crippen LogP contribution is 2.46. The summed E-state index contributed by atoms with van der Waals surface area (Å²) < 4.78 is 0. The second-order valence-electron chi connectivity index (χ2n) is 5.97. The summed E-state index contributed by atoms with van der Waals surface area (Å²) >= 11 is 0. The van der Waals surface area contributed by atoms with Gasteiger partial charge in [0.1, 0.15) is 0 Å². The molecule has 0 aromatic heterocycles. The molecular formula is C12H22N2O.